The molecule has 0 saturated heterocycles. The topological polar surface area (TPSA) is 103 Å². The van der Waals surface area contributed by atoms with Crippen molar-refractivity contribution in [3.63, 3.8) is 0 Å². The summed E-state index contributed by atoms with van der Waals surface area (Å²) in [6.45, 7) is 0.856. The molecule has 178 valence electrons. The number of benzene rings is 3. The molecule has 34 heavy (non-hydrogen) atoms. The Labute approximate surface area is 202 Å². The Kier molecular flexibility index (Phi) is 7.26. The summed E-state index contributed by atoms with van der Waals surface area (Å²) in [6, 6.07) is 17.3. The average molecular weight is 503 g/mol. The van der Waals surface area contributed by atoms with Gasteiger partial charge in [0, 0.05) is 16.8 Å². The van der Waals surface area contributed by atoms with E-state index in [0.29, 0.717) is 30.4 Å². The van der Waals surface area contributed by atoms with Crippen LogP contribution >= 0.6 is 11.6 Å². The summed E-state index contributed by atoms with van der Waals surface area (Å²) in [6.07, 6.45) is 0.124. The van der Waals surface area contributed by atoms with Gasteiger partial charge in [-0.2, -0.15) is 4.72 Å². The fourth-order valence-corrected chi connectivity index (χ4v) is 5.13. The molecule has 1 aliphatic heterocycles. The summed E-state index contributed by atoms with van der Waals surface area (Å²) in [5, 5.41) is 2.99. The lowest BCUT2D eigenvalue weighted by Gasteiger charge is -2.21. The lowest BCUT2D eigenvalue weighted by Crippen LogP contribution is -2.45. The van der Waals surface area contributed by atoms with Crippen molar-refractivity contribution < 1.29 is 27.4 Å². The molecular weight excluding hydrogens is 480 g/mol. The standard InChI is InChI=1S/C24H23ClN2O6S/c1-31-21-9-7-17(25)14-23(21)34(29,30)27-19(13-16-5-3-2-4-6-16)24(28)26-18-8-10-20-22(15-18)33-12-11-32-20/h2-10,14-15,19,27H,11-13H2,1H3,(H,26,28)/t19-/m0/s1. The maximum Gasteiger partial charge on any atom is 0.245 e. The van der Waals surface area contributed by atoms with Crippen molar-refractivity contribution in [2.45, 2.75) is 17.4 Å². The van der Waals surface area contributed by atoms with Crippen LogP contribution in [0.5, 0.6) is 17.2 Å². The minimum absolute atomic E-state index is 0.114. The van der Waals surface area contributed by atoms with E-state index in [2.05, 4.69) is 10.0 Å². The molecule has 0 unspecified atom stereocenters. The lowest BCUT2D eigenvalue weighted by molar-refractivity contribution is -0.117. The SMILES string of the molecule is COc1ccc(Cl)cc1S(=O)(=O)N[C@@H](Cc1ccccc1)C(=O)Nc1ccc2c(c1)OCCO2. The molecule has 0 spiro atoms. The molecule has 3 aromatic rings. The molecule has 1 atom stereocenters. The highest BCUT2D eigenvalue weighted by Gasteiger charge is 2.29. The number of halogens is 1. The molecule has 4 rings (SSSR count). The molecule has 0 bridgehead atoms. The molecular formula is C24H23ClN2O6S. The number of sulfonamides is 1. The monoisotopic (exact) mass is 502 g/mol. The summed E-state index contributed by atoms with van der Waals surface area (Å²) < 4.78 is 45.3. The second-order valence-corrected chi connectivity index (χ2v) is 9.63. The van der Waals surface area contributed by atoms with Gasteiger partial charge in [-0.05, 0) is 42.3 Å². The van der Waals surface area contributed by atoms with Crippen LogP contribution in [0.2, 0.25) is 5.02 Å². The normalized spacial score (nSPS) is 13.7. The van der Waals surface area contributed by atoms with Crippen LogP contribution in [0, 0.1) is 0 Å². The van der Waals surface area contributed by atoms with Crippen LogP contribution in [0.3, 0.4) is 0 Å². The first-order valence-electron chi connectivity index (χ1n) is 10.5. The largest absolute Gasteiger partial charge is 0.495 e. The number of methoxy groups -OCH3 is 1. The molecule has 10 heteroatoms. The number of ether oxygens (including phenoxy) is 3. The first kappa shape index (κ1) is 23.9. The van der Waals surface area contributed by atoms with Crippen molar-refractivity contribution in [1.82, 2.24) is 4.72 Å². The van der Waals surface area contributed by atoms with Crippen LogP contribution in [0.25, 0.3) is 0 Å². The van der Waals surface area contributed by atoms with Crippen LogP contribution in [0.4, 0.5) is 5.69 Å². The van der Waals surface area contributed by atoms with Gasteiger partial charge in [0.05, 0.1) is 7.11 Å². The van der Waals surface area contributed by atoms with E-state index in [1.54, 1.807) is 18.2 Å². The molecule has 0 aromatic heterocycles. The number of carbonyl (C=O) groups is 1. The van der Waals surface area contributed by atoms with Crippen LogP contribution in [-0.2, 0) is 21.2 Å². The van der Waals surface area contributed by atoms with Gasteiger partial charge in [0.15, 0.2) is 11.5 Å². The van der Waals surface area contributed by atoms with Gasteiger partial charge in [-0.1, -0.05) is 41.9 Å². The Hall–Kier alpha value is -3.27. The van der Waals surface area contributed by atoms with Crippen molar-refractivity contribution in [2.24, 2.45) is 0 Å². The number of anilines is 1. The second-order valence-electron chi connectivity index (χ2n) is 7.51. The number of nitrogens with one attached hydrogen (secondary N) is 2. The van der Waals surface area contributed by atoms with Crippen molar-refractivity contribution in [2.75, 3.05) is 25.6 Å². The smallest absolute Gasteiger partial charge is 0.245 e. The van der Waals surface area contributed by atoms with E-state index in [1.807, 2.05) is 30.3 Å². The number of rotatable bonds is 8. The Morgan fingerprint density at radius 2 is 1.76 bits per heavy atom. The van der Waals surface area contributed by atoms with E-state index in [-0.39, 0.29) is 22.1 Å². The van der Waals surface area contributed by atoms with E-state index in [0.717, 1.165) is 5.56 Å². The Morgan fingerprint density at radius 3 is 2.50 bits per heavy atom. The van der Waals surface area contributed by atoms with Gasteiger partial charge >= 0.3 is 0 Å². The van der Waals surface area contributed by atoms with Gasteiger partial charge in [0.25, 0.3) is 0 Å². The van der Waals surface area contributed by atoms with Crippen molar-refractivity contribution >= 4 is 33.2 Å². The fourth-order valence-electron chi connectivity index (χ4n) is 3.50. The zero-order valence-corrected chi connectivity index (χ0v) is 19.9. The molecule has 1 aliphatic rings. The predicted molar refractivity (Wildman–Crippen MR) is 128 cm³/mol. The van der Waals surface area contributed by atoms with Crippen molar-refractivity contribution in [1.29, 1.82) is 0 Å². The summed E-state index contributed by atoms with van der Waals surface area (Å²) in [5.41, 5.74) is 1.23. The number of hydrogen-bond acceptors (Lipinski definition) is 6. The van der Waals surface area contributed by atoms with Crippen LogP contribution in [0.1, 0.15) is 5.56 Å². The van der Waals surface area contributed by atoms with Gasteiger partial charge in [-0.25, -0.2) is 8.42 Å². The molecule has 0 saturated carbocycles. The average Bonchev–Trinajstić information content (AvgIpc) is 2.84. The first-order valence-corrected chi connectivity index (χ1v) is 12.3. The van der Waals surface area contributed by atoms with Gasteiger partial charge in [0.2, 0.25) is 15.9 Å². The van der Waals surface area contributed by atoms with Crippen LogP contribution < -0.4 is 24.2 Å². The number of carbonyl (C=O) groups excluding carboxylic acids is 1. The van der Waals surface area contributed by atoms with E-state index < -0.39 is 22.0 Å². The van der Waals surface area contributed by atoms with Gasteiger partial charge in [0.1, 0.15) is 29.9 Å². The third-order valence-electron chi connectivity index (χ3n) is 5.12. The first-order chi connectivity index (χ1) is 16.4. The summed E-state index contributed by atoms with van der Waals surface area (Å²) >= 11 is 6.02. The molecule has 1 heterocycles. The third kappa shape index (κ3) is 5.61. The van der Waals surface area contributed by atoms with Gasteiger partial charge in [-0.15, -0.1) is 0 Å². The zero-order valence-electron chi connectivity index (χ0n) is 18.3. The summed E-state index contributed by atoms with van der Waals surface area (Å²) in [4.78, 5) is 13.1. The van der Waals surface area contributed by atoms with Gasteiger partial charge in [-0.3, -0.25) is 4.79 Å². The van der Waals surface area contributed by atoms with Crippen molar-refractivity contribution in [3.8, 4) is 17.2 Å². The zero-order chi connectivity index (χ0) is 24.1. The number of hydrogen-bond donors (Lipinski definition) is 2. The van der Waals surface area contributed by atoms with E-state index >= 15 is 0 Å². The Bertz CT molecular complexity index is 1280. The maximum atomic E-state index is 13.2. The second kappa shape index (κ2) is 10.3. The molecule has 0 radical (unpaired) electrons. The summed E-state index contributed by atoms with van der Waals surface area (Å²) in [7, 11) is -2.80. The molecule has 1 amide bonds. The lowest BCUT2D eigenvalue weighted by atomic mass is 10.1. The molecule has 0 fully saturated rings. The molecule has 2 N–H and O–H groups in total. The fraction of sp³-hybridized carbons (Fsp3) is 0.208. The van der Waals surface area contributed by atoms with E-state index in [9.17, 15) is 13.2 Å². The van der Waals surface area contributed by atoms with E-state index in [1.165, 1.54) is 25.3 Å². The summed E-state index contributed by atoms with van der Waals surface area (Å²) in [5.74, 6) is 0.666. The predicted octanol–water partition coefficient (Wildman–Crippen LogP) is 3.65. The molecule has 3 aromatic carbocycles. The highest BCUT2D eigenvalue weighted by atomic mass is 35.5. The Balaban J connectivity index is 1.61. The number of amides is 1. The quantitative estimate of drug-likeness (QED) is 0.487. The van der Waals surface area contributed by atoms with Crippen LogP contribution in [-0.4, -0.2) is 40.7 Å². The Morgan fingerprint density at radius 1 is 1.03 bits per heavy atom. The maximum absolute atomic E-state index is 13.2. The van der Waals surface area contributed by atoms with Crippen molar-refractivity contribution in [3.05, 3.63) is 77.3 Å². The molecule has 0 aliphatic carbocycles. The number of fused-ring (bicyclic) bond motifs is 1. The molecule has 8 nitrogen and oxygen atoms in total. The third-order valence-corrected chi connectivity index (χ3v) is 6.85. The van der Waals surface area contributed by atoms with Gasteiger partial charge < -0.3 is 19.5 Å². The minimum atomic E-state index is -4.16. The van der Waals surface area contributed by atoms with E-state index in [4.69, 9.17) is 25.8 Å². The highest BCUT2D eigenvalue weighted by Crippen LogP contribution is 2.33. The highest BCUT2D eigenvalue weighted by molar-refractivity contribution is 7.89. The minimum Gasteiger partial charge on any atom is -0.495 e. The van der Waals surface area contributed by atoms with Crippen LogP contribution in [0.15, 0.2) is 71.6 Å².